The van der Waals surface area contributed by atoms with Crippen LogP contribution < -0.4 is 5.32 Å². The van der Waals surface area contributed by atoms with E-state index in [2.05, 4.69) is 5.32 Å². The summed E-state index contributed by atoms with van der Waals surface area (Å²) in [6.07, 6.45) is 1.63. The van der Waals surface area contributed by atoms with Crippen molar-refractivity contribution in [3.63, 3.8) is 0 Å². The molecule has 1 saturated heterocycles. The summed E-state index contributed by atoms with van der Waals surface area (Å²) in [6.45, 7) is 3.58. The SMILES string of the molecule is CNCC1CCN(S(=O)(=O)c2cc(C)ccc2F)CC1. The molecule has 0 amide bonds. The van der Waals surface area contributed by atoms with Gasteiger partial charge in [0.1, 0.15) is 10.7 Å². The van der Waals surface area contributed by atoms with E-state index in [-0.39, 0.29) is 4.90 Å². The predicted molar refractivity (Wildman–Crippen MR) is 76.5 cm³/mol. The van der Waals surface area contributed by atoms with Crippen molar-refractivity contribution >= 4 is 10.0 Å². The second-order valence-electron chi connectivity index (χ2n) is 5.34. The monoisotopic (exact) mass is 300 g/mol. The number of halogens is 1. The van der Waals surface area contributed by atoms with E-state index in [4.69, 9.17) is 0 Å². The molecule has 0 spiro atoms. The van der Waals surface area contributed by atoms with Crippen LogP contribution in [0.25, 0.3) is 0 Å². The minimum Gasteiger partial charge on any atom is -0.319 e. The zero-order valence-electron chi connectivity index (χ0n) is 11.9. The normalized spacial score (nSPS) is 18.4. The van der Waals surface area contributed by atoms with Gasteiger partial charge in [-0.3, -0.25) is 0 Å². The van der Waals surface area contributed by atoms with Crippen molar-refractivity contribution in [2.75, 3.05) is 26.7 Å². The summed E-state index contributed by atoms with van der Waals surface area (Å²) in [5.41, 5.74) is 0.745. The number of rotatable bonds is 4. The highest BCUT2D eigenvalue weighted by Gasteiger charge is 2.31. The molecule has 1 fully saturated rings. The quantitative estimate of drug-likeness (QED) is 0.922. The van der Waals surface area contributed by atoms with Crippen LogP contribution in [-0.2, 0) is 10.0 Å². The molecule has 112 valence electrons. The molecule has 1 aromatic carbocycles. The molecule has 0 aliphatic carbocycles. The van der Waals surface area contributed by atoms with Crippen LogP contribution in [0.5, 0.6) is 0 Å². The predicted octanol–water partition coefficient (Wildman–Crippen LogP) is 1.75. The Morgan fingerprint density at radius 1 is 1.35 bits per heavy atom. The third-order valence-corrected chi connectivity index (χ3v) is 5.68. The summed E-state index contributed by atoms with van der Waals surface area (Å²) >= 11 is 0. The molecule has 20 heavy (non-hydrogen) atoms. The Morgan fingerprint density at radius 3 is 2.60 bits per heavy atom. The van der Waals surface area contributed by atoms with Crippen LogP contribution in [-0.4, -0.2) is 39.4 Å². The van der Waals surface area contributed by atoms with Gasteiger partial charge in [0.05, 0.1) is 0 Å². The van der Waals surface area contributed by atoms with Gasteiger partial charge in [-0.25, -0.2) is 12.8 Å². The molecule has 0 radical (unpaired) electrons. The second-order valence-corrected chi connectivity index (χ2v) is 7.25. The topological polar surface area (TPSA) is 49.4 Å². The van der Waals surface area contributed by atoms with Gasteiger partial charge in [0.15, 0.2) is 0 Å². The van der Waals surface area contributed by atoms with E-state index in [9.17, 15) is 12.8 Å². The van der Waals surface area contributed by atoms with E-state index in [0.29, 0.717) is 19.0 Å². The average Bonchev–Trinajstić information content (AvgIpc) is 2.42. The third-order valence-electron chi connectivity index (χ3n) is 3.77. The number of sulfonamides is 1. The van der Waals surface area contributed by atoms with Crippen molar-refractivity contribution in [3.8, 4) is 0 Å². The first-order valence-electron chi connectivity index (χ1n) is 6.86. The van der Waals surface area contributed by atoms with Crippen LogP contribution >= 0.6 is 0 Å². The van der Waals surface area contributed by atoms with Gasteiger partial charge in [0.2, 0.25) is 10.0 Å². The minimum absolute atomic E-state index is 0.204. The summed E-state index contributed by atoms with van der Waals surface area (Å²) in [6, 6.07) is 4.20. The van der Waals surface area contributed by atoms with Crippen LogP contribution in [0.1, 0.15) is 18.4 Å². The third kappa shape index (κ3) is 3.19. The number of aryl methyl sites for hydroxylation is 1. The van der Waals surface area contributed by atoms with Gasteiger partial charge < -0.3 is 5.32 Å². The highest BCUT2D eigenvalue weighted by Crippen LogP contribution is 2.25. The molecule has 0 bridgehead atoms. The number of piperidine rings is 1. The lowest BCUT2D eigenvalue weighted by molar-refractivity contribution is 0.270. The highest BCUT2D eigenvalue weighted by molar-refractivity contribution is 7.89. The van der Waals surface area contributed by atoms with Crippen LogP contribution in [0.2, 0.25) is 0 Å². The Balaban J connectivity index is 2.18. The van der Waals surface area contributed by atoms with Crippen LogP contribution in [0.3, 0.4) is 0 Å². The number of nitrogens with zero attached hydrogens (tertiary/aromatic N) is 1. The number of hydrogen-bond acceptors (Lipinski definition) is 3. The van der Waals surface area contributed by atoms with E-state index < -0.39 is 15.8 Å². The minimum atomic E-state index is -3.72. The molecule has 0 saturated carbocycles. The van der Waals surface area contributed by atoms with Crippen LogP contribution in [0, 0.1) is 18.7 Å². The molecule has 2 rings (SSSR count). The Labute approximate surface area is 120 Å². The summed E-state index contributed by atoms with van der Waals surface area (Å²) < 4.78 is 40.2. The molecular formula is C14H21FN2O2S. The average molecular weight is 300 g/mol. The fraction of sp³-hybridized carbons (Fsp3) is 0.571. The Morgan fingerprint density at radius 2 is 2.00 bits per heavy atom. The van der Waals surface area contributed by atoms with Gasteiger partial charge in [0, 0.05) is 13.1 Å². The zero-order valence-corrected chi connectivity index (χ0v) is 12.7. The molecule has 1 heterocycles. The standard InChI is InChI=1S/C14H21FN2O2S/c1-11-3-4-13(15)14(9-11)20(18,19)17-7-5-12(6-8-17)10-16-2/h3-4,9,12,16H,5-8,10H2,1-2H3. The molecule has 0 atom stereocenters. The summed E-state index contributed by atoms with van der Waals surface area (Å²) in [5, 5.41) is 3.11. The van der Waals surface area contributed by atoms with Crippen molar-refractivity contribution in [1.29, 1.82) is 0 Å². The maximum atomic E-state index is 13.8. The Hall–Kier alpha value is -0.980. The first-order chi connectivity index (χ1) is 9.45. The van der Waals surface area contributed by atoms with Crippen LogP contribution in [0.15, 0.2) is 23.1 Å². The van der Waals surface area contributed by atoms with Gasteiger partial charge in [0.25, 0.3) is 0 Å². The fourth-order valence-electron chi connectivity index (χ4n) is 2.59. The molecule has 1 N–H and O–H groups in total. The lowest BCUT2D eigenvalue weighted by Crippen LogP contribution is -2.40. The van der Waals surface area contributed by atoms with Crippen molar-refractivity contribution in [2.24, 2.45) is 5.92 Å². The molecule has 1 aliphatic heterocycles. The Kier molecular flexibility index (Phi) is 4.78. The fourth-order valence-corrected chi connectivity index (χ4v) is 4.21. The first-order valence-corrected chi connectivity index (χ1v) is 8.30. The molecule has 0 aromatic heterocycles. The van der Waals surface area contributed by atoms with E-state index in [1.807, 2.05) is 7.05 Å². The maximum Gasteiger partial charge on any atom is 0.245 e. The van der Waals surface area contributed by atoms with Crippen molar-refractivity contribution in [3.05, 3.63) is 29.6 Å². The molecule has 4 nitrogen and oxygen atoms in total. The number of nitrogens with one attached hydrogen (secondary N) is 1. The highest BCUT2D eigenvalue weighted by atomic mass is 32.2. The van der Waals surface area contributed by atoms with Gasteiger partial charge in [-0.15, -0.1) is 0 Å². The lowest BCUT2D eigenvalue weighted by Gasteiger charge is -2.31. The first kappa shape index (κ1) is 15.4. The van der Waals surface area contributed by atoms with Crippen molar-refractivity contribution in [2.45, 2.75) is 24.7 Å². The van der Waals surface area contributed by atoms with Gasteiger partial charge >= 0.3 is 0 Å². The molecule has 1 aliphatic rings. The number of hydrogen-bond donors (Lipinski definition) is 1. The van der Waals surface area contributed by atoms with E-state index >= 15 is 0 Å². The van der Waals surface area contributed by atoms with E-state index in [1.54, 1.807) is 13.0 Å². The van der Waals surface area contributed by atoms with E-state index in [0.717, 1.165) is 24.9 Å². The summed E-state index contributed by atoms with van der Waals surface area (Å²) in [4.78, 5) is -0.204. The van der Waals surface area contributed by atoms with Crippen molar-refractivity contribution < 1.29 is 12.8 Å². The summed E-state index contributed by atoms with van der Waals surface area (Å²) in [7, 11) is -1.82. The van der Waals surface area contributed by atoms with Gasteiger partial charge in [-0.05, 0) is 57.0 Å². The number of benzene rings is 1. The summed E-state index contributed by atoms with van der Waals surface area (Å²) in [5.74, 6) is -0.179. The molecule has 1 aromatic rings. The molecular weight excluding hydrogens is 279 g/mol. The second kappa shape index (κ2) is 6.20. The lowest BCUT2D eigenvalue weighted by atomic mass is 9.98. The smallest absolute Gasteiger partial charge is 0.245 e. The molecule has 6 heteroatoms. The zero-order chi connectivity index (χ0) is 14.8. The molecule has 0 unspecified atom stereocenters. The Bertz CT molecular complexity index is 567. The maximum absolute atomic E-state index is 13.8. The van der Waals surface area contributed by atoms with Gasteiger partial charge in [-0.1, -0.05) is 6.07 Å². The van der Waals surface area contributed by atoms with Crippen molar-refractivity contribution in [1.82, 2.24) is 9.62 Å². The van der Waals surface area contributed by atoms with Gasteiger partial charge in [-0.2, -0.15) is 4.31 Å². The van der Waals surface area contributed by atoms with E-state index in [1.165, 1.54) is 16.4 Å². The van der Waals surface area contributed by atoms with Crippen LogP contribution in [0.4, 0.5) is 4.39 Å². The largest absolute Gasteiger partial charge is 0.319 e.